The first-order valence-electron chi connectivity index (χ1n) is 7.33. The Morgan fingerprint density at radius 2 is 2.05 bits per heavy atom. The number of fused-ring (bicyclic) bond motifs is 1. The minimum atomic E-state index is 0.189. The zero-order valence-corrected chi connectivity index (χ0v) is 12.3. The molecule has 0 unspecified atom stereocenters. The van der Waals surface area contributed by atoms with E-state index < -0.39 is 0 Å². The van der Waals surface area contributed by atoms with Crippen LogP contribution in [-0.4, -0.2) is 17.4 Å². The van der Waals surface area contributed by atoms with Crippen LogP contribution in [0, 0.1) is 6.92 Å². The second kappa shape index (κ2) is 5.60. The Morgan fingerprint density at radius 1 is 1.24 bits per heavy atom. The number of hydrogen-bond acceptors (Lipinski definition) is 2. The summed E-state index contributed by atoms with van der Waals surface area (Å²) in [5, 5.41) is 0. The van der Waals surface area contributed by atoms with Gasteiger partial charge in [0, 0.05) is 18.8 Å². The minimum Gasteiger partial charge on any atom is -0.398 e. The summed E-state index contributed by atoms with van der Waals surface area (Å²) in [5.74, 6) is 0.189. The molecule has 0 saturated heterocycles. The molecule has 3 rings (SSSR count). The lowest BCUT2D eigenvalue weighted by molar-refractivity contribution is -0.131. The number of aryl methyl sites for hydroxylation is 1. The summed E-state index contributed by atoms with van der Waals surface area (Å²) in [5.41, 5.74) is 11.5. The van der Waals surface area contributed by atoms with Crippen LogP contribution in [0.1, 0.15) is 22.3 Å². The van der Waals surface area contributed by atoms with Gasteiger partial charge in [-0.25, -0.2) is 0 Å². The van der Waals surface area contributed by atoms with E-state index in [9.17, 15) is 4.79 Å². The van der Waals surface area contributed by atoms with Crippen LogP contribution in [0.15, 0.2) is 42.5 Å². The molecule has 3 nitrogen and oxygen atoms in total. The molecule has 2 aromatic carbocycles. The number of benzene rings is 2. The van der Waals surface area contributed by atoms with Gasteiger partial charge in [0.25, 0.3) is 0 Å². The zero-order chi connectivity index (χ0) is 14.8. The monoisotopic (exact) mass is 280 g/mol. The SMILES string of the molecule is Cc1cccc(CC(=O)N2CCc3c(N)cccc3C2)c1. The van der Waals surface area contributed by atoms with E-state index in [0.29, 0.717) is 13.0 Å². The largest absolute Gasteiger partial charge is 0.398 e. The zero-order valence-electron chi connectivity index (χ0n) is 12.3. The van der Waals surface area contributed by atoms with Crippen molar-refractivity contribution in [2.75, 3.05) is 12.3 Å². The number of rotatable bonds is 2. The lowest BCUT2D eigenvalue weighted by Gasteiger charge is -2.29. The highest BCUT2D eigenvalue weighted by Gasteiger charge is 2.21. The van der Waals surface area contributed by atoms with Crippen molar-refractivity contribution in [1.82, 2.24) is 4.90 Å². The molecule has 1 amide bonds. The van der Waals surface area contributed by atoms with E-state index in [-0.39, 0.29) is 5.91 Å². The molecule has 0 fully saturated rings. The molecule has 21 heavy (non-hydrogen) atoms. The summed E-state index contributed by atoms with van der Waals surface area (Å²) in [7, 11) is 0. The molecule has 3 heteroatoms. The second-order valence-electron chi connectivity index (χ2n) is 5.72. The van der Waals surface area contributed by atoms with Gasteiger partial charge in [-0.15, -0.1) is 0 Å². The van der Waals surface area contributed by atoms with Crippen LogP contribution in [0.2, 0.25) is 0 Å². The van der Waals surface area contributed by atoms with Gasteiger partial charge in [0.2, 0.25) is 5.91 Å². The second-order valence-corrected chi connectivity index (χ2v) is 5.72. The van der Waals surface area contributed by atoms with Gasteiger partial charge in [0.1, 0.15) is 0 Å². The van der Waals surface area contributed by atoms with Crippen molar-refractivity contribution in [3.8, 4) is 0 Å². The molecule has 1 aliphatic rings. The maximum absolute atomic E-state index is 12.5. The number of nitrogens with two attached hydrogens (primary N) is 1. The summed E-state index contributed by atoms with van der Waals surface area (Å²) in [6.45, 7) is 3.48. The van der Waals surface area contributed by atoms with Gasteiger partial charge < -0.3 is 10.6 Å². The fourth-order valence-electron chi connectivity index (χ4n) is 2.96. The van der Waals surface area contributed by atoms with Crippen molar-refractivity contribution in [3.05, 3.63) is 64.7 Å². The Balaban J connectivity index is 1.72. The third-order valence-electron chi connectivity index (χ3n) is 4.09. The maximum Gasteiger partial charge on any atom is 0.227 e. The number of hydrogen-bond donors (Lipinski definition) is 1. The first kappa shape index (κ1) is 13.7. The van der Waals surface area contributed by atoms with E-state index in [0.717, 1.165) is 24.2 Å². The Kier molecular flexibility index (Phi) is 3.65. The molecular weight excluding hydrogens is 260 g/mol. The van der Waals surface area contributed by atoms with Crippen molar-refractivity contribution >= 4 is 11.6 Å². The van der Waals surface area contributed by atoms with E-state index in [1.807, 2.05) is 42.2 Å². The molecule has 0 saturated carbocycles. The number of anilines is 1. The average molecular weight is 280 g/mol. The number of amides is 1. The highest BCUT2D eigenvalue weighted by atomic mass is 16.2. The predicted molar refractivity (Wildman–Crippen MR) is 84.9 cm³/mol. The van der Waals surface area contributed by atoms with E-state index in [1.54, 1.807) is 0 Å². The van der Waals surface area contributed by atoms with Crippen LogP contribution in [0.25, 0.3) is 0 Å². The molecule has 0 aromatic heterocycles. The van der Waals surface area contributed by atoms with Crippen molar-refractivity contribution in [3.63, 3.8) is 0 Å². The van der Waals surface area contributed by atoms with E-state index in [1.165, 1.54) is 16.7 Å². The summed E-state index contributed by atoms with van der Waals surface area (Å²) in [6, 6.07) is 14.1. The highest BCUT2D eigenvalue weighted by molar-refractivity contribution is 5.79. The van der Waals surface area contributed by atoms with Gasteiger partial charge in [-0.05, 0) is 36.1 Å². The van der Waals surface area contributed by atoms with Gasteiger partial charge >= 0.3 is 0 Å². The molecule has 0 bridgehead atoms. The topological polar surface area (TPSA) is 46.3 Å². The van der Waals surface area contributed by atoms with Crippen LogP contribution >= 0.6 is 0 Å². The quantitative estimate of drug-likeness (QED) is 0.860. The molecular formula is C18H20N2O. The van der Waals surface area contributed by atoms with Gasteiger partial charge in [-0.2, -0.15) is 0 Å². The van der Waals surface area contributed by atoms with E-state index in [4.69, 9.17) is 5.73 Å². The average Bonchev–Trinajstić information content (AvgIpc) is 2.47. The normalized spacial score (nSPS) is 13.9. The molecule has 108 valence electrons. The Morgan fingerprint density at radius 3 is 2.86 bits per heavy atom. The summed E-state index contributed by atoms with van der Waals surface area (Å²) < 4.78 is 0. The number of carbonyl (C=O) groups excluding carboxylic acids is 1. The fraction of sp³-hybridized carbons (Fsp3) is 0.278. The van der Waals surface area contributed by atoms with Gasteiger partial charge in [0.15, 0.2) is 0 Å². The third kappa shape index (κ3) is 2.92. The lowest BCUT2D eigenvalue weighted by Crippen LogP contribution is -2.37. The van der Waals surface area contributed by atoms with Gasteiger partial charge in [-0.1, -0.05) is 42.0 Å². The number of nitrogen functional groups attached to an aromatic ring is 1. The molecule has 1 heterocycles. The lowest BCUT2D eigenvalue weighted by atomic mass is 9.97. The Labute approximate surface area is 125 Å². The summed E-state index contributed by atoms with van der Waals surface area (Å²) >= 11 is 0. The minimum absolute atomic E-state index is 0.189. The van der Waals surface area contributed by atoms with E-state index in [2.05, 4.69) is 12.1 Å². The molecule has 0 spiro atoms. The molecule has 2 aromatic rings. The highest BCUT2D eigenvalue weighted by Crippen LogP contribution is 2.24. The molecule has 0 atom stereocenters. The number of nitrogens with zero attached hydrogens (tertiary/aromatic N) is 1. The Hall–Kier alpha value is -2.29. The van der Waals surface area contributed by atoms with Crippen molar-refractivity contribution in [2.24, 2.45) is 0 Å². The predicted octanol–water partition coefficient (Wildman–Crippen LogP) is 2.70. The van der Waals surface area contributed by atoms with Gasteiger partial charge in [-0.3, -0.25) is 4.79 Å². The Bertz CT molecular complexity index is 679. The van der Waals surface area contributed by atoms with Gasteiger partial charge in [0.05, 0.1) is 6.42 Å². The summed E-state index contributed by atoms with van der Waals surface area (Å²) in [4.78, 5) is 14.4. The van der Waals surface area contributed by atoms with Crippen molar-refractivity contribution in [2.45, 2.75) is 26.3 Å². The van der Waals surface area contributed by atoms with Crippen molar-refractivity contribution < 1.29 is 4.79 Å². The third-order valence-corrected chi connectivity index (χ3v) is 4.09. The first-order chi connectivity index (χ1) is 10.1. The van der Waals surface area contributed by atoms with Crippen molar-refractivity contribution in [1.29, 1.82) is 0 Å². The van der Waals surface area contributed by atoms with Crippen LogP contribution in [-0.2, 0) is 24.2 Å². The van der Waals surface area contributed by atoms with E-state index >= 15 is 0 Å². The molecule has 1 aliphatic heterocycles. The fourth-order valence-corrected chi connectivity index (χ4v) is 2.96. The molecule has 0 aliphatic carbocycles. The van der Waals surface area contributed by atoms with Crippen LogP contribution < -0.4 is 5.73 Å². The van der Waals surface area contributed by atoms with Crippen LogP contribution in [0.4, 0.5) is 5.69 Å². The smallest absolute Gasteiger partial charge is 0.227 e. The molecule has 0 radical (unpaired) electrons. The van der Waals surface area contributed by atoms with Crippen LogP contribution in [0.3, 0.4) is 0 Å². The number of carbonyl (C=O) groups is 1. The maximum atomic E-state index is 12.5. The first-order valence-corrected chi connectivity index (χ1v) is 7.33. The van der Waals surface area contributed by atoms with Crippen LogP contribution in [0.5, 0.6) is 0 Å². The summed E-state index contributed by atoms with van der Waals surface area (Å²) in [6.07, 6.45) is 1.32. The molecule has 2 N–H and O–H groups in total. The standard InChI is InChI=1S/C18H20N2O/c1-13-4-2-5-14(10-13)11-18(21)20-9-8-16-15(12-20)6-3-7-17(16)19/h2-7,10H,8-9,11-12,19H2,1H3.